The van der Waals surface area contributed by atoms with Gasteiger partial charge in [0.2, 0.25) is 12.1 Å². The molecule has 120 valence electrons. The minimum Gasteiger partial charge on any atom is -0.363 e. The zero-order chi connectivity index (χ0) is 16.8. The van der Waals surface area contributed by atoms with Gasteiger partial charge in [-0.2, -0.15) is 4.57 Å². The maximum Gasteiger partial charge on any atom is 0.376 e. The molecule has 5 N–H and O–H groups in total. The fourth-order valence-electron chi connectivity index (χ4n) is 2.09. The normalized spacial score (nSPS) is 13.5. The van der Waals surface area contributed by atoms with Crippen LogP contribution in [-0.4, -0.2) is 29.8 Å². The molecular formula is C12H16NO7P2+. The molecule has 0 aliphatic carbocycles. The van der Waals surface area contributed by atoms with Gasteiger partial charge in [0.15, 0.2) is 6.20 Å². The largest absolute Gasteiger partial charge is 0.376 e. The second-order valence-corrected chi connectivity index (χ2v) is 9.07. The molecule has 0 saturated carbocycles. The lowest BCUT2D eigenvalue weighted by atomic mass is 10.1. The molecule has 0 atom stereocenters. The van der Waals surface area contributed by atoms with E-state index in [4.69, 9.17) is 0 Å². The molecule has 0 aliphatic heterocycles. The van der Waals surface area contributed by atoms with Crippen LogP contribution in [0.1, 0.15) is 5.56 Å². The summed E-state index contributed by atoms with van der Waals surface area (Å²) in [5.74, 6) is 0. The van der Waals surface area contributed by atoms with Crippen LogP contribution in [0.25, 0.3) is 10.9 Å². The zero-order valence-corrected chi connectivity index (χ0v) is 13.4. The summed E-state index contributed by atoms with van der Waals surface area (Å²) >= 11 is 0. The lowest BCUT2D eigenvalue weighted by Gasteiger charge is -2.26. The smallest absolute Gasteiger partial charge is 0.363 e. The van der Waals surface area contributed by atoms with Crippen LogP contribution in [-0.2, 0) is 15.7 Å². The number of hydrogen-bond acceptors (Lipinski definition) is 3. The van der Waals surface area contributed by atoms with Gasteiger partial charge >= 0.3 is 20.3 Å². The van der Waals surface area contributed by atoms with Gasteiger partial charge in [-0.1, -0.05) is 6.07 Å². The van der Waals surface area contributed by atoms with Crippen LogP contribution >= 0.6 is 15.2 Å². The van der Waals surface area contributed by atoms with Gasteiger partial charge in [-0.25, -0.2) is 0 Å². The van der Waals surface area contributed by atoms with Crippen LogP contribution < -0.4 is 4.57 Å². The van der Waals surface area contributed by atoms with Crippen LogP contribution in [0, 0.1) is 6.92 Å². The van der Waals surface area contributed by atoms with Crippen LogP contribution in [0.5, 0.6) is 0 Å². The second kappa shape index (κ2) is 5.51. The molecule has 0 fully saturated rings. The molecule has 0 radical (unpaired) electrons. The summed E-state index contributed by atoms with van der Waals surface area (Å²) in [5.41, 5.74) is 1.34. The van der Waals surface area contributed by atoms with E-state index in [0.717, 1.165) is 5.56 Å². The van der Waals surface area contributed by atoms with Crippen molar-refractivity contribution in [1.29, 1.82) is 0 Å². The Morgan fingerprint density at radius 2 is 1.68 bits per heavy atom. The first-order valence-electron chi connectivity index (χ1n) is 6.18. The van der Waals surface area contributed by atoms with E-state index in [2.05, 4.69) is 0 Å². The average molecular weight is 348 g/mol. The van der Waals surface area contributed by atoms with Crippen molar-refractivity contribution in [2.75, 3.05) is 0 Å². The Hall–Kier alpha value is -1.11. The summed E-state index contributed by atoms with van der Waals surface area (Å²) in [5, 5.41) is 7.24. The first-order valence-corrected chi connectivity index (χ1v) is 9.41. The van der Waals surface area contributed by atoms with E-state index in [1.165, 1.54) is 10.8 Å². The Labute approximate surface area is 126 Å². The number of benzene rings is 1. The molecule has 2 rings (SSSR count). The number of aryl methyl sites for hydroxylation is 1. The predicted molar refractivity (Wildman–Crippen MR) is 77.9 cm³/mol. The molecule has 1 aromatic heterocycles. The molecule has 22 heavy (non-hydrogen) atoms. The van der Waals surface area contributed by atoms with Crippen molar-refractivity contribution in [1.82, 2.24) is 0 Å². The molecule has 0 spiro atoms. The van der Waals surface area contributed by atoms with E-state index in [0.29, 0.717) is 10.9 Å². The van der Waals surface area contributed by atoms with Crippen LogP contribution in [0.15, 0.2) is 36.5 Å². The molecule has 0 aliphatic rings. The number of pyridine rings is 1. The van der Waals surface area contributed by atoms with Crippen molar-refractivity contribution in [2.45, 2.75) is 18.6 Å². The van der Waals surface area contributed by atoms with E-state index < -0.39 is 26.8 Å². The maximum atomic E-state index is 11.4. The Bertz CT molecular complexity index is 788. The highest BCUT2D eigenvalue weighted by molar-refractivity contribution is 7.72. The Morgan fingerprint density at radius 1 is 1.09 bits per heavy atom. The summed E-state index contributed by atoms with van der Waals surface area (Å²) in [6, 6.07) is 8.56. The topological polar surface area (TPSA) is 139 Å². The molecule has 1 aromatic carbocycles. The van der Waals surface area contributed by atoms with Crippen LogP contribution in [0.2, 0.25) is 0 Å². The van der Waals surface area contributed by atoms with E-state index >= 15 is 0 Å². The third kappa shape index (κ3) is 3.00. The number of aliphatic hydroxyl groups is 1. The molecule has 10 heteroatoms. The number of fused-ring (bicyclic) bond motifs is 1. The van der Waals surface area contributed by atoms with E-state index in [9.17, 15) is 33.8 Å². The third-order valence-corrected chi connectivity index (χ3v) is 7.06. The van der Waals surface area contributed by atoms with Gasteiger partial charge in [0, 0.05) is 17.5 Å². The summed E-state index contributed by atoms with van der Waals surface area (Å²) in [7, 11) is -11.0. The van der Waals surface area contributed by atoms with Crippen molar-refractivity contribution in [2.24, 2.45) is 0 Å². The molecule has 0 unspecified atom stereocenters. The van der Waals surface area contributed by atoms with Gasteiger partial charge in [0.1, 0.15) is 0 Å². The molecule has 0 bridgehead atoms. The number of rotatable bonds is 4. The maximum absolute atomic E-state index is 11.4. The summed E-state index contributed by atoms with van der Waals surface area (Å²) < 4.78 is 24.1. The molecule has 8 nitrogen and oxygen atoms in total. The van der Waals surface area contributed by atoms with Gasteiger partial charge in [0.05, 0.1) is 0 Å². The molecule has 0 saturated heterocycles. The summed E-state index contributed by atoms with van der Waals surface area (Å²) in [6.07, 6.45) is 1.39. The highest BCUT2D eigenvalue weighted by atomic mass is 31.2. The summed E-state index contributed by atoms with van der Waals surface area (Å²) in [6.45, 7) is 0.858. The highest BCUT2D eigenvalue weighted by Gasteiger charge is 2.62. The predicted octanol–water partition coefficient (Wildman–Crippen LogP) is 0.437. The van der Waals surface area contributed by atoms with Gasteiger partial charge < -0.3 is 24.7 Å². The lowest BCUT2D eigenvalue weighted by molar-refractivity contribution is -0.678. The molecule has 0 amide bonds. The fraction of sp³-hybridized carbons (Fsp3) is 0.250. The SMILES string of the molecule is Cc1ccc2ccc[n+](CC(O)(P(=O)(O)O)P(=O)(O)O)c2c1. The standard InChI is InChI=1S/C12H15NO7P2/c1-9-4-5-10-3-2-6-13(11(10)7-9)8-12(14,21(15,16)17)22(18,19)20/h2-7,14H,8H2,1H3,(H3-,15,16,17,18,19,20)/p+1. The molecular weight excluding hydrogens is 332 g/mol. The van der Waals surface area contributed by atoms with Crippen molar-refractivity contribution >= 4 is 26.1 Å². The van der Waals surface area contributed by atoms with Crippen molar-refractivity contribution < 1.29 is 38.4 Å². The average Bonchev–Trinajstić information content (AvgIpc) is 2.36. The number of aromatic nitrogens is 1. The van der Waals surface area contributed by atoms with Crippen LogP contribution in [0.3, 0.4) is 0 Å². The zero-order valence-electron chi connectivity index (χ0n) is 11.6. The monoisotopic (exact) mass is 348 g/mol. The Morgan fingerprint density at radius 3 is 2.23 bits per heavy atom. The van der Waals surface area contributed by atoms with Crippen LogP contribution in [0.4, 0.5) is 0 Å². The number of nitrogens with zero attached hydrogens (tertiary/aromatic N) is 1. The van der Waals surface area contributed by atoms with Crippen molar-refractivity contribution in [3.8, 4) is 0 Å². The second-order valence-electron chi connectivity index (χ2n) is 5.06. The van der Waals surface area contributed by atoms with Gasteiger partial charge in [-0.05, 0) is 24.6 Å². The third-order valence-electron chi connectivity index (χ3n) is 3.35. The number of hydrogen-bond donors (Lipinski definition) is 5. The quantitative estimate of drug-likeness (QED) is 0.399. The van der Waals surface area contributed by atoms with E-state index in [1.807, 2.05) is 6.07 Å². The lowest BCUT2D eigenvalue weighted by Crippen LogP contribution is -2.47. The van der Waals surface area contributed by atoms with Crippen molar-refractivity contribution in [3.05, 3.63) is 42.1 Å². The van der Waals surface area contributed by atoms with Gasteiger partial charge in [-0.3, -0.25) is 9.13 Å². The minimum absolute atomic E-state index is 0.489. The van der Waals surface area contributed by atoms with E-state index in [1.54, 1.807) is 31.2 Å². The summed E-state index contributed by atoms with van der Waals surface area (Å²) in [4.78, 5) is 36.9. The molecule has 1 heterocycles. The first kappa shape index (κ1) is 17.2. The minimum atomic E-state index is -5.49. The first-order chi connectivity index (χ1) is 9.96. The van der Waals surface area contributed by atoms with Crippen molar-refractivity contribution in [3.63, 3.8) is 0 Å². The fourth-order valence-corrected chi connectivity index (χ4v) is 4.13. The Kier molecular flexibility index (Phi) is 4.32. The van der Waals surface area contributed by atoms with Gasteiger partial charge in [-0.15, -0.1) is 0 Å². The Balaban J connectivity index is 2.65. The van der Waals surface area contributed by atoms with Gasteiger partial charge in [0.25, 0.3) is 0 Å². The molecule has 2 aromatic rings. The highest BCUT2D eigenvalue weighted by Crippen LogP contribution is 2.67. The van der Waals surface area contributed by atoms with E-state index in [-0.39, 0.29) is 0 Å².